The molecule has 5 rings (SSSR count). The van der Waals surface area contributed by atoms with Crippen LogP contribution in [0, 0.1) is 26.6 Å². The van der Waals surface area contributed by atoms with E-state index in [4.69, 9.17) is 9.84 Å². The van der Waals surface area contributed by atoms with Crippen LogP contribution in [-0.4, -0.2) is 34.6 Å². The SMILES string of the molecule is C=C.CC(C)(C)O.CSN1Cc2cccc(F)c2-c2c(C)c(-c3ccc4c(c3C)CCCO4)c(CC(=O)O)c(C)c21. The van der Waals surface area contributed by atoms with E-state index in [9.17, 15) is 9.90 Å². The maximum Gasteiger partial charge on any atom is 0.307 e. The third-order valence-electron chi connectivity index (χ3n) is 7.21. The maximum atomic E-state index is 15.3. The Balaban J connectivity index is 0.000000598. The molecule has 3 aromatic rings. The average Bonchev–Trinajstić information content (AvgIpc) is 2.92. The molecule has 0 amide bonds. The maximum absolute atomic E-state index is 15.3. The molecule has 3 aromatic carbocycles. The van der Waals surface area contributed by atoms with Crippen LogP contribution in [0.25, 0.3) is 22.3 Å². The van der Waals surface area contributed by atoms with E-state index in [1.165, 1.54) is 11.6 Å². The summed E-state index contributed by atoms with van der Waals surface area (Å²) in [5.41, 5.74) is 9.66. The monoisotopic (exact) mass is 579 g/mol. The van der Waals surface area contributed by atoms with Crippen LogP contribution in [0.15, 0.2) is 43.5 Å². The number of fused-ring (bicyclic) bond motifs is 4. The highest BCUT2D eigenvalue weighted by atomic mass is 32.2. The number of benzene rings is 3. The summed E-state index contributed by atoms with van der Waals surface area (Å²) >= 11 is 1.58. The zero-order valence-corrected chi connectivity index (χ0v) is 26.1. The van der Waals surface area contributed by atoms with Gasteiger partial charge in [-0.3, -0.25) is 4.79 Å². The Morgan fingerprint density at radius 1 is 1.05 bits per heavy atom. The summed E-state index contributed by atoms with van der Waals surface area (Å²) in [6.07, 6.45) is 3.81. The molecule has 2 N–H and O–H groups in total. The van der Waals surface area contributed by atoms with Crippen LogP contribution in [0.5, 0.6) is 5.75 Å². The predicted octanol–water partition coefficient (Wildman–Crippen LogP) is 8.21. The van der Waals surface area contributed by atoms with E-state index >= 15 is 4.39 Å². The first-order chi connectivity index (χ1) is 19.3. The Kier molecular flexibility index (Phi) is 10.3. The molecule has 0 unspecified atom stereocenters. The number of aliphatic hydroxyl groups is 1. The van der Waals surface area contributed by atoms with E-state index in [-0.39, 0.29) is 12.2 Å². The lowest BCUT2D eigenvalue weighted by Crippen LogP contribution is -2.23. The number of aliphatic carboxylic acids is 1. The van der Waals surface area contributed by atoms with Gasteiger partial charge in [0.05, 0.1) is 30.9 Å². The van der Waals surface area contributed by atoms with Gasteiger partial charge in [0, 0.05) is 17.4 Å². The summed E-state index contributed by atoms with van der Waals surface area (Å²) in [5.74, 6) is -0.209. The Morgan fingerprint density at radius 2 is 1.71 bits per heavy atom. The molecule has 2 heterocycles. The van der Waals surface area contributed by atoms with Crippen LogP contribution >= 0.6 is 11.9 Å². The topological polar surface area (TPSA) is 70.0 Å². The van der Waals surface area contributed by atoms with Gasteiger partial charge >= 0.3 is 5.97 Å². The van der Waals surface area contributed by atoms with Gasteiger partial charge in [-0.15, -0.1) is 13.2 Å². The second-order valence-electron chi connectivity index (χ2n) is 11.2. The van der Waals surface area contributed by atoms with Crippen LogP contribution in [0.1, 0.15) is 60.6 Å². The van der Waals surface area contributed by atoms with Crippen molar-refractivity contribution in [3.63, 3.8) is 0 Å². The second-order valence-corrected chi connectivity index (χ2v) is 12.0. The van der Waals surface area contributed by atoms with Gasteiger partial charge < -0.3 is 19.3 Å². The number of halogens is 1. The van der Waals surface area contributed by atoms with E-state index in [1.54, 1.807) is 38.8 Å². The zero-order chi connectivity index (χ0) is 30.6. The lowest BCUT2D eigenvalue weighted by Gasteiger charge is -2.36. The van der Waals surface area contributed by atoms with Crippen molar-refractivity contribution in [1.29, 1.82) is 0 Å². The molecule has 5 nitrogen and oxygen atoms in total. The first-order valence-corrected chi connectivity index (χ1v) is 15.0. The molecule has 0 atom stereocenters. The van der Waals surface area contributed by atoms with Crippen LogP contribution in [0.3, 0.4) is 0 Å². The van der Waals surface area contributed by atoms with E-state index < -0.39 is 11.6 Å². The summed E-state index contributed by atoms with van der Waals surface area (Å²) in [6.45, 7) is 18.6. The van der Waals surface area contributed by atoms with E-state index in [0.717, 1.165) is 68.8 Å². The number of ether oxygens (including phenoxy) is 1. The third-order valence-corrected chi connectivity index (χ3v) is 7.96. The smallest absolute Gasteiger partial charge is 0.307 e. The molecule has 0 saturated heterocycles. The van der Waals surface area contributed by atoms with Crippen molar-refractivity contribution in [1.82, 2.24) is 0 Å². The van der Waals surface area contributed by atoms with Gasteiger partial charge in [0.1, 0.15) is 11.6 Å². The first kappa shape index (κ1) is 32.2. The number of nitrogens with zero attached hydrogens (tertiary/aromatic N) is 1. The largest absolute Gasteiger partial charge is 0.493 e. The Hall–Kier alpha value is -3.29. The quantitative estimate of drug-likeness (QED) is 0.240. The van der Waals surface area contributed by atoms with Crippen molar-refractivity contribution >= 4 is 23.6 Å². The minimum atomic E-state index is -0.874. The van der Waals surface area contributed by atoms with Gasteiger partial charge in [-0.25, -0.2) is 4.39 Å². The summed E-state index contributed by atoms with van der Waals surface area (Å²) in [6, 6.07) is 9.28. The fourth-order valence-electron chi connectivity index (χ4n) is 5.65. The average molecular weight is 580 g/mol. The predicted molar refractivity (Wildman–Crippen MR) is 170 cm³/mol. The molecular weight excluding hydrogens is 537 g/mol. The Bertz CT molecular complexity index is 1440. The molecule has 220 valence electrons. The van der Waals surface area contributed by atoms with Crippen LogP contribution in [0.4, 0.5) is 10.1 Å². The lowest BCUT2D eigenvalue weighted by atomic mass is 9.79. The summed E-state index contributed by atoms with van der Waals surface area (Å²) < 4.78 is 23.3. The number of anilines is 1. The minimum absolute atomic E-state index is 0.0886. The highest BCUT2D eigenvalue weighted by molar-refractivity contribution is 7.99. The summed E-state index contributed by atoms with van der Waals surface area (Å²) in [7, 11) is 0. The molecule has 7 heteroatoms. The van der Waals surface area contributed by atoms with Gasteiger partial charge in [0.25, 0.3) is 0 Å². The molecule has 0 spiro atoms. The number of carbonyl (C=O) groups is 1. The number of hydrogen-bond donors (Lipinski definition) is 2. The molecular formula is C34H42FNO4S. The van der Waals surface area contributed by atoms with E-state index in [1.807, 2.05) is 38.3 Å². The van der Waals surface area contributed by atoms with Crippen molar-refractivity contribution in [2.45, 2.75) is 73.0 Å². The molecule has 41 heavy (non-hydrogen) atoms. The number of hydrogen-bond acceptors (Lipinski definition) is 5. The van der Waals surface area contributed by atoms with Gasteiger partial charge in [0.15, 0.2) is 0 Å². The Labute approximate surface area is 248 Å². The lowest BCUT2D eigenvalue weighted by molar-refractivity contribution is -0.136. The third kappa shape index (κ3) is 6.79. The van der Waals surface area contributed by atoms with Gasteiger partial charge in [-0.1, -0.05) is 30.1 Å². The molecule has 0 fully saturated rings. The van der Waals surface area contributed by atoms with Crippen molar-refractivity contribution < 1.29 is 24.1 Å². The molecule has 0 aliphatic carbocycles. The van der Waals surface area contributed by atoms with Crippen LogP contribution in [-0.2, 0) is 24.2 Å². The first-order valence-electron chi connectivity index (χ1n) is 13.8. The molecule has 2 aliphatic heterocycles. The molecule has 0 bridgehead atoms. The summed E-state index contributed by atoms with van der Waals surface area (Å²) in [5, 5.41) is 18.4. The van der Waals surface area contributed by atoms with Gasteiger partial charge in [-0.05, 0) is 111 Å². The van der Waals surface area contributed by atoms with Gasteiger partial charge in [0.2, 0.25) is 0 Å². The highest BCUT2D eigenvalue weighted by Crippen LogP contribution is 2.51. The van der Waals surface area contributed by atoms with Crippen LogP contribution < -0.4 is 9.04 Å². The number of carboxylic acid groups (broad SMARTS) is 1. The minimum Gasteiger partial charge on any atom is -0.493 e. The van der Waals surface area contributed by atoms with E-state index in [0.29, 0.717) is 18.7 Å². The number of carboxylic acids is 1. The normalized spacial score (nSPS) is 13.3. The fraction of sp³-hybridized carbons (Fsp3) is 0.382. The standard InChI is InChI=1S/C28H28FNO3S.C4H10O.C2H4/c1-15-19-8-6-12-33-23(19)11-10-20(15)25-17(3)26-27-18(7-5-9-22(27)29)14-30(34-4)28(26)16(2)21(25)13-24(31)32;1-4(2,3)5;1-2/h5,7,9-11H,6,8,12-14H2,1-4H3,(H,31,32);5H,1-3H3;1-2H2. The second kappa shape index (κ2) is 13.1. The molecule has 2 aliphatic rings. The Morgan fingerprint density at radius 3 is 2.32 bits per heavy atom. The number of rotatable bonds is 4. The molecule has 0 saturated carbocycles. The van der Waals surface area contributed by atoms with Crippen molar-refractivity contribution in [3.8, 4) is 28.0 Å². The van der Waals surface area contributed by atoms with Crippen LogP contribution in [0.2, 0.25) is 0 Å². The van der Waals surface area contributed by atoms with Crippen molar-refractivity contribution in [2.24, 2.45) is 0 Å². The zero-order valence-electron chi connectivity index (χ0n) is 25.3. The van der Waals surface area contributed by atoms with Crippen molar-refractivity contribution in [2.75, 3.05) is 17.2 Å². The van der Waals surface area contributed by atoms with E-state index in [2.05, 4.69) is 24.4 Å². The molecule has 0 radical (unpaired) electrons. The summed E-state index contributed by atoms with van der Waals surface area (Å²) in [4.78, 5) is 12.0. The highest BCUT2D eigenvalue weighted by Gasteiger charge is 2.32. The molecule has 0 aromatic heterocycles. The van der Waals surface area contributed by atoms with Gasteiger partial charge in [-0.2, -0.15) is 0 Å². The van der Waals surface area contributed by atoms with Crippen molar-refractivity contribution in [3.05, 3.63) is 82.7 Å². The fourth-order valence-corrected chi connectivity index (χ4v) is 6.33.